The fraction of sp³-hybridized carbons (Fsp3) is 0.417. The van der Waals surface area contributed by atoms with E-state index in [0.29, 0.717) is 5.56 Å². The number of nitrogens with one attached hydrogen (secondary N) is 2. The molecule has 0 spiro atoms. The third-order valence-electron chi connectivity index (χ3n) is 5.66. The van der Waals surface area contributed by atoms with Crippen LogP contribution in [0.3, 0.4) is 0 Å². The minimum Gasteiger partial charge on any atom is -0.379 e. The first-order valence-corrected chi connectivity index (χ1v) is 10.9. The van der Waals surface area contributed by atoms with Gasteiger partial charge in [0.25, 0.3) is 11.8 Å². The summed E-state index contributed by atoms with van der Waals surface area (Å²) in [5, 5.41) is 11.4. The highest BCUT2D eigenvalue weighted by molar-refractivity contribution is 5.97. The van der Waals surface area contributed by atoms with Gasteiger partial charge in [0.1, 0.15) is 6.04 Å². The quantitative estimate of drug-likeness (QED) is 0.345. The Bertz CT molecular complexity index is 878. The van der Waals surface area contributed by atoms with Gasteiger partial charge in [-0.25, -0.2) is 5.48 Å². The number of carbonyl (C=O) groups is 2. The van der Waals surface area contributed by atoms with E-state index in [1.165, 1.54) is 16.6 Å². The maximum Gasteiger partial charge on any atom is 0.267 e. The van der Waals surface area contributed by atoms with Crippen molar-refractivity contribution in [2.45, 2.75) is 38.4 Å². The molecular weight excluding hydrogens is 408 g/mol. The highest BCUT2D eigenvalue weighted by Gasteiger charge is 2.24. The number of morpholine rings is 1. The van der Waals surface area contributed by atoms with E-state index < -0.39 is 23.9 Å². The minimum atomic E-state index is -1.02. The first-order chi connectivity index (χ1) is 15.5. The summed E-state index contributed by atoms with van der Waals surface area (Å²) in [6, 6.07) is 14.4. The molecule has 1 aliphatic heterocycles. The monoisotopic (exact) mass is 440 g/mol. The lowest BCUT2D eigenvalue weighted by molar-refractivity contribution is -0.131. The highest BCUT2D eigenvalue weighted by Crippen LogP contribution is 2.13. The molecule has 1 aliphatic rings. The molecule has 1 saturated heterocycles. The van der Waals surface area contributed by atoms with Gasteiger partial charge in [-0.15, -0.1) is 0 Å². The lowest BCUT2D eigenvalue weighted by Crippen LogP contribution is -2.54. The van der Waals surface area contributed by atoms with E-state index in [-0.39, 0.29) is 0 Å². The molecule has 2 amide bonds. The maximum atomic E-state index is 12.4. The first kappa shape index (κ1) is 23.9. The van der Waals surface area contributed by atoms with E-state index >= 15 is 0 Å². The molecule has 2 atom stereocenters. The number of hydroxylamine groups is 1. The van der Waals surface area contributed by atoms with E-state index in [1.807, 2.05) is 12.1 Å². The van der Waals surface area contributed by atoms with E-state index in [0.717, 1.165) is 51.3 Å². The molecule has 8 heteroatoms. The zero-order valence-corrected chi connectivity index (χ0v) is 18.4. The summed E-state index contributed by atoms with van der Waals surface area (Å²) in [7, 11) is 0. The van der Waals surface area contributed by atoms with E-state index in [2.05, 4.69) is 34.5 Å². The van der Waals surface area contributed by atoms with Crippen LogP contribution in [0.1, 0.15) is 34.0 Å². The molecule has 1 heterocycles. The molecule has 3 rings (SSSR count). The van der Waals surface area contributed by atoms with Crippen molar-refractivity contribution in [3.05, 3.63) is 70.8 Å². The second-order valence-electron chi connectivity index (χ2n) is 8.19. The molecule has 0 saturated carbocycles. The van der Waals surface area contributed by atoms with Crippen molar-refractivity contribution in [1.29, 1.82) is 0 Å². The van der Waals surface area contributed by atoms with E-state index in [4.69, 9.17) is 15.7 Å². The molecule has 0 radical (unpaired) electrons. The van der Waals surface area contributed by atoms with Crippen LogP contribution >= 0.6 is 0 Å². The van der Waals surface area contributed by atoms with Crippen LogP contribution in [0.2, 0.25) is 0 Å². The van der Waals surface area contributed by atoms with Crippen molar-refractivity contribution in [2.75, 3.05) is 26.3 Å². The molecule has 8 nitrogen and oxygen atoms in total. The largest absolute Gasteiger partial charge is 0.379 e. The minimum absolute atomic E-state index is 0.418. The molecule has 172 valence electrons. The number of benzene rings is 2. The maximum absolute atomic E-state index is 12.4. The second-order valence-corrected chi connectivity index (χ2v) is 8.19. The van der Waals surface area contributed by atoms with Gasteiger partial charge < -0.3 is 15.8 Å². The van der Waals surface area contributed by atoms with Crippen LogP contribution in [0.4, 0.5) is 0 Å². The summed E-state index contributed by atoms with van der Waals surface area (Å²) in [4.78, 5) is 26.5. The van der Waals surface area contributed by atoms with Crippen LogP contribution in [0.5, 0.6) is 0 Å². The zero-order valence-electron chi connectivity index (χ0n) is 18.4. The van der Waals surface area contributed by atoms with Crippen LogP contribution in [0.15, 0.2) is 48.5 Å². The van der Waals surface area contributed by atoms with Crippen molar-refractivity contribution in [3.63, 3.8) is 0 Å². The van der Waals surface area contributed by atoms with Crippen molar-refractivity contribution in [1.82, 2.24) is 15.7 Å². The predicted octanol–water partition coefficient (Wildman–Crippen LogP) is 1.26. The van der Waals surface area contributed by atoms with Crippen molar-refractivity contribution in [2.24, 2.45) is 5.73 Å². The first-order valence-electron chi connectivity index (χ1n) is 10.9. The van der Waals surface area contributed by atoms with Gasteiger partial charge in [0.2, 0.25) is 0 Å². The molecule has 0 unspecified atom stereocenters. The Labute approximate surface area is 188 Å². The van der Waals surface area contributed by atoms with Gasteiger partial charge in [-0.3, -0.25) is 19.7 Å². The standard InChI is InChI=1S/C24H32N4O4/c1-17(25)22(24(30)27-31)26-23(29)21-10-8-19(9-11-21)3-2-18-4-6-20(7-5-18)16-28-12-14-32-15-13-28/h4-11,17,22,31H,2-3,12-16,25H2,1H3,(H,26,29)(H,27,30)/t17-,22+/m1/s1. The molecule has 0 bridgehead atoms. The van der Waals surface area contributed by atoms with Gasteiger partial charge in [0, 0.05) is 31.2 Å². The average Bonchev–Trinajstić information content (AvgIpc) is 2.82. The molecule has 32 heavy (non-hydrogen) atoms. The average molecular weight is 441 g/mol. The Morgan fingerprint density at radius 2 is 1.53 bits per heavy atom. The molecule has 2 aromatic rings. The van der Waals surface area contributed by atoms with Gasteiger partial charge in [-0.05, 0) is 48.6 Å². The number of nitrogens with zero attached hydrogens (tertiary/aromatic N) is 1. The number of hydrogen-bond acceptors (Lipinski definition) is 6. The highest BCUT2D eigenvalue weighted by atomic mass is 16.5. The van der Waals surface area contributed by atoms with E-state index in [9.17, 15) is 9.59 Å². The number of amides is 2. The molecule has 0 aromatic heterocycles. The second kappa shape index (κ2) is 11.7. The van der Waals surface area contributed by atoms with Crippen LogP contribution in [-0.4, -0.2) is 60.3 Å². The topological polar surface area (TPSA) is 117 Å². The summed E-state index contributed by atoms with van der Waals surface area (Å²) < 4.78 is 5.40. The molecule has 0 aliphatic carbocycles. The fourth-order valence-corrected chi connectivity index (χ4v) is 3.67. The summed E-state index contributed by atoms with van der Waals surface area (Å²) >= 11 is 0. The molecule has 1 fully saturated rings. The molecule has 2 aromatic carbocycles. The Kier molecular flexibility index (Phi) is 8.75. The number of aryl methyl sites for hydroxylation is 2. The summed E-state index contributed by atoms with van der Waals surface area (Å²) in [5.41, 5.74) is 11.4. The van der Waals surface area contributed by atoms with Crippen LogP contribution in [0.25, 0.3) is 0 Å². The Morgan fingerprint density at radius 3 is 2.06 bits per heavy atom. The number of ether oxygens (including phenoxy) is 1. The lowest BCUT2D eigenvalue weighted by Gasteiger charge is -2.26. The SMILES string of the molecule is C[C@@H](N)[C@H](NC(=O)c1ccc(CCc2ccc(CN3CCOCC3)cc2)cc1)C(=O)NO. The van der Waals surface area contributed by atoms with Crippen LogP contribution in [-0.2, 0) is 28.9 Å². The summed E-state index contributed by atoms with van der Waals surface area (Å²) in [6.45, 7) is 6.12. The van der Waals surface area contributed by atoms with Gasteiger partial charge in [-0.2, -0.15) is 0 Å². The van der Waals surface area contributed by atoms with E-state index in [1.54, 1.807) is 19.1 Å². The van der Waals surface area contributed by atoms with Crippen LogP contribution < -0.4 is 16.5 Å². The van der Waals surface area contributed by atoms with Gasteiger partial charge in [-0.1, -0.05) is 36.4 Å². The smallest absolute Gasteiger partial charge is 0.267 e. The van der Waals surface area contributed by atoms with Crippen LogP contribution in [0, 0.1) is 0 Å². The van der Waals surface area contributed by atoms with Crippen molar-refractivity contribution in [3.8, 4) is 0 Å². The Morgan fingerprint density at radius 1 is 1.00 bits per heavy atom. The third kappa shape index (κ3) is 6.86. The number of rotatable bonds is 9. The summed E-state index contributed by atoms with van der Waals surface area (Å²) in [6.07, 6.45) is 1.77. The Balaban J connectivity index is 1.50. The third-order valence-corrected chi connectivity index (χ3v) is 5.66. The van der Waals surface area contributed by atoms with Crippen molar-refractivity contribution >= 4 is 11.8 Å². The predicted molar refractivity (Wildman–Crippen MR) is 121 cm³/mol. The number of nitrogens with two attached hydrogens (primary N) is 1. The Hall–Kier alpha value is -2.78. The zero-order chi connectivity index (χ0) is 22.9. The molecule has 5 N–H and O–H groups in total. The number of hydrogen-bond donors (Lipinski definition) is 4. The number of carbonyl (C=O) groups excluding carboxylic acids is 2. The lowest BCUT2D eigenvalue weighted by atomic mass is 10.0. The van der Waals surface area contributed by atoms with Gasteiger partial charge in [0.05, 0.1) is 13.2 Å². The normalized spacial score (nSPS) is 16.2. The summed E-state index contributed by atoms with van der Waals surface area (Å²) in [5.74, 6) is -1.17. The van der Waals surface area contributed by atoms with Gasteiger partial charge in [0.15, 0.2) is 0 Å². The molecular formula is C24H32N4O4. The fourth-order valence-electron chi connectivity index (χ4n) is 3.67. The van der Waals surface area contributed by atoms with Crippen molar-refractivity contribution < 1.29 is 19.5 Å². The van der Waals surface area contributed by atoms with Gasteiger partial charge >= 0.3 is 0 Å².